The molecule has 1 aromatic heterocycles. The van der Waals surface area contributed by atoms with Crippen molar-refractivity contribution in [3.05, 3.63) is 29.6 Å². The van der Waals surface area contributed by atoms with Crippen molar-refractivity contribution >= 4 is 5.91 Å². The summed E-state index contributed by atoms with van der Waals surface area (Å²) < 4.78 is 0. The van der Waals surface area contributed by atoms with E-state index >= 15 is 0 Å². The molecule has 4 heteroatoms. The molecule has 0 bridgehead atoms. The van der Waals surface area contributed by atoms with Gasteiger partial charge >= 0.3 is 0 Å². The number of aliphatic hydroxyl groups excluding tert-OH is 1. The third-order valence-corrected chi connectivity index (χ3v) is 2.52. The van der Waals surface area contributed by atoms with Crippen molar-refractivity contribution in [2.45, 2.75) is 40.2 Å². The van der Waals surface area contributed by atoms with Crippen LogP contribution < -0.4 is 5.32 Å². The van der Waals surface area contributed by atoms with Gasteiger partial charge in [-0.3, -0.25) is 9.78 Å². The van der Waals surface area contributed by atoms with Crippen molar-refractivity contribution in [3.8, 4) is 0 Å². The van der Waals surface area contributed by atoms with Gasteiger partial charge in [-0.05, 0) is 30.9 Å². The Bertz CT molecular complexity index is 393. The number of rotatable bonds is 4. The van der Waals surface area contributed by atoms with Crippen LogP contribution in [-0.2, 0) is 0 Å². The second-order valence-corrected chi connectivity index (χ2v) is 5.82. The smallest absolute Gasteiger partial charge is 0.252 e. The van der Waals surface area contributed by atoms with Crippen molar-refractivity contribution in [3.63, 3.8) is 0 Å². The molecule has 1 heterocycles. The van der Waals surface area contributed by atoms with E-state index in [0.29, 0.717) is 12.0 Å². The SMILES string of the molecule is Cc1ccc(C(=O)NCC(O)CC(C)(C)C)cn1. The fraction of sp³-hybridized carbons (Fsp3) is 0.571. The van der Waals surface area contributed by atoms with Crippen molar-refractivity contribution in [1.82, 2.24) is 10.3 Å². The van der Waals surface area contributed by atoms with Gasteiger partial charge < -0.3 is 10.4 Å². The number of aryl methyl sites for hydroxylation is 1. The molecule has 0 aromatic carbocycles. The minimum Gasteiger partial charge on any atom is -0.391 e. The van der Waals surface area contributed by atoms with Gasteiger partial charge in [0.1, 0.15) is 0 Å². The molecule has 100 valence electrons. The van der Waals surface area contributed by atoms with Gasteiger partial charge in [0.2, 0.25) is 0 Å². The predicted octanol–water partition coefficient (Wildman–Crippen LogP) is 1.92. The van der Waals surface area contributed by atoms with Gasteiger partial charge in [0.25, 0.3) is 5.91 Å². The fourth-order valence-electron chi connectivity index (χ4n) is 1.69. The molecule has 4 nitrogen and oxygen atoms in total. The molecule has 1 atom stereocenters. The van der Waals surface area contributed by atoms with E-state index in [1.807, 2.05) is 6.92 Å². The summed E-state index contributed by atoms with van der Waals surface area (Å²) in [4.78, 5) is 15.8. The number of aliphatic hydroxyl groups is 1. The topological polar surface area (TPSA) is 62.2 Å². The van der Waals surface area contributed by atoms with Crippen LogP contribution in [-0.4, -0.2) is 28.6 Å². The fourth-order valence-corrected chi connectivity index (χ4v) is 1.69. The second-order valence-electron chi connectivity index (χ2n) is 5.82. The summed E-state index contributed by atoms with van der Waals surface area (Å²) in [5.74, 6) is -0.199. The van der Waals surface area contributed by atoms with E-state index in [9.17, 15) is 9.90 Å². The molecule has 1 aromatic rings. The lowest BCUT2D eigenvalue weighted by molar-refractivity contribution is 0.0868. The maximum absolute atomic E-state index is 11.8. The Kier molecular flexibility index (Phi) is 4.84. The molecule has 0 saturated heterocycles. The number of nitrogens with zero attached hydrogens (tertiary/aromatic N) is 1. The number of hydrogen-bond acceptors (Lipinski definition) is 3. The first-order valence-corrected chi connectivity index (χ1v) is 6.17. The van der Waals surface area contributed by atoms with Gasteiger partial charge in [0, 0.05) is 18.4 Å². The van der Waals surface area contributed by atoms with Gasteiger partial charge in [-0.2, -0.15) is 0 Å². The zero-order valence-electron chi connectivity index (χ0n) is 11.5. The molecule has 18 heavy (non-hydrogen) atoms. The van der Waals surface area contributed by atoms with Crippen molar-refractivity contribution < 1.29 is 9.90 Å². The lowest BCUT2D eigenvalue weighted by Gasteiger charge is -2.22. The van der Waals surface area contributed by atoms with E-state index in [4.69, 9.17) is 0 Å². The molecule has 1 unspecified atom stereocenters. The normalized spacial score (nSPS) is 13.2. The number of aromatic nitrogens is 1. The molecule has 1 amide bonds. The Labute approximate surface area is 108 Å². The summed E-state index contributed by atoms with van der Waals surface area (Å²) in [6, 6.07) is 3.52. The molecule has 1 rings (SSSR count). The van der Waals surface area contributed by atoms with Gasteiger partial charge in [0.05, 0.1) is 11.7 Å². The highest BCUT2D eigenvalue weighted by atomic mass is 16.3. The molecule has 0 saturated carbocycles. The van der Waals surface area contributed by atoms with Crippen LogP contribution in [0.1, 0.15) is 43.2 Å². The summed E-state index contributed by atoms with van der Waals surface area (Å²) in [5, 5.41) is 12.5. The highest BCUT2D eigenvalue weighted by molar-refractivity contribution is 5.93. The molecular weight excluding hydrogens is 228 g/mol. The van der Waals surface area contributed by atoms with Crippen molar-refractivity contribution in [1.29, 1.82) is 0 Å². The lowest BCUT2D eigenvalue weighted by Crippen LogP contribution is -2.34. The lowest BCUT2D eigenvalue weighted by atomic mass is 9.89. The summed E-state index contributed by atoms with van der Waals surface area (Å²) in [6.07, 6.45) is 1.67. The summed E-state index contributed by atoms with van der Waals surface area (Å²) in [6.45, 7) is 8.31. The number of carbonyl (C=O) groups is 1. The molecule has 0 fully saturated rings. The molecular formula is C14H22N2O2. The number of pyridine rings is 1. The Morgan fingerprint density at radius 3 is 2.61 bits per heavy atom. The molecule has 0 spiro atoms. The average molecular weight is 250 g/mol. The Balaban J connectivity index is 2.44. The van der Waals surface area contributed by atoms with Crippen LogP contribution >= 0.6 is 0 Å². The molecule has 0 radical (unpaired) electrons. The van der Waals surface area contributed by atoms with E-state index < -0.39 is 6.10 Å². The van der Waals surface area contributed by atoms with Crippen molar-refractivity contribution in [2.75, 3.05) is 6.54 Å². The van der Waals surface area contributed by atoms with Gasteiger partial charge in [-0.15, -0.1) is 0 Å². The second kappa shape index (κ2) is 5.96. The Morgan fingerprint density at radius 1 is 1.44 bits per heavy atom. The van der Waals surface area contributed by atoms with Gasteiger partial charge in [-0.25, -0.2) is 0 Å². The van der Waals surface area contributed by atoms with Crippen LogP contribution in [0.2, 0.25) is 0 Å². The number of nitrogens with one attached hydrogen (secondary N) is 1. The zero-order chi connectivity index (χ0) is 13.8. The first-order valence-electron chi connectivity index (χ1n) is 6.17. The first-order chi connectivity index (χ1) is 8.28. The maximum atomic E-state index is 11.8. The Hall–Kier alpha value is -1.42. The van der Waals surface area contributed by atoms with Gasteiger partial charge in [0.15, 0.2) is 0 Å². The monoisotopic (exact) mass is 250 g/mol. The highest BCUT2D eigenvalue weighted by Crippen LogP contribution is 2.20. The van der Waals surface area contributed by atoms with Gasteiger partial charge in [-0.1, -0.05) is 20.8 Å². The van der Waals surface area contributed by atoms with Crippen LogP contribution in [0.5, 0.6) is 0 Å². The highest BCUT2D eigenvalue weighted by Gasteiger charge is 2.17. The van der Waals surface area contributed by atoms with Crippen molar-refractivity contribution in [2.24, 2.45) is 5.41 Å². The Morgan fingerprint density at radius 2 is 2.11 bits per heavy atom. The predicted molar refractivity (Wildman–Crippen MR) is 71.4 cm³/mol. The van der Waals surface area contributed by atoms with Crippen LogP contribution in [0.3, 0.4) is 0 Å². The largest absolute Gasteiger partial charge is 0.391 e. The average Bonchev–Trinajstić information content (AvgIpc) is 2.24. The van der Waals surface area contributed by atoms with E-state index in [2.05, 4.69) is 31.1 Å². The van der Waals surface area contributed by atoms with E-state index in [1.54, 1.807) is 18.3 Å². The van der Waals surface area contributed by atoms with Crippen LogP contribution in [0.25, 0.3) is 0 Å². The minimum atomic E-state index is -0.521. The quantitative estimate of drug-likeness (QED) is 0.858. The number of amides is 1. The minimum absolute atomic E-state index is 0.0511. The molecule has 2 N–H and O–H groups in total. The van der Waals surface area contributed by atoms with E-state index in [1.165, 1.54) is 0 Å². The first kappa shape index (κ1) is 14.6. The number of carbonyl (C=O) groups excluding carboxylic acids is 1. The molecule has 0 aliphatic carbocycles. The van der Waals surface area contributed by atoms with Crippen LogP contribution in [0, 0.1) is 12.3 Å². The van der Waals surface area contributed by atoms with E-state index in [0.717, 1.165) is 5.69 Å². The number of hydrogen-bond donors (Lipinski definition) is 2. The third kappa shape index (κ3) is 5.27. The van der Waals surface area contributed by atoms with Crippen LogP contribution in [0.15, 0.2) is 18.3 Å². The maximum Gasteiger partial charge on any atom is 0.252 e. The van der Waals surface area contributed by atoms with E-state index in [-0.39, 0.29) is 17.9 Å². The molecule has 0 aliphatic heterocycles. The summed E-state index contributed by atoms with van der Waals surface area (Å²) >= 11 is 0. The summed E-state index contributed by atoms with van der Waals surface area (Å²) in [5.41, 5.74) is 1.44. The molecule has 0 aliphatic rings. The standard InChI is InChI=1S/C14H22N2O2/c1-10-5-6-11(8-15-10)13(18)16-9-12(17)7-14(2,3)4/h5-6,8,12,17H,7,9H2,1-4H3,(H,16,18). The van der Waals surface area contributed by atoms with Crippen LogP contribution in [0.4, 0.5) is 0 Å². The third-order valence-electron chi connectivity index (χ3n) is 2.52. The summed E-state index contributed by atoms with van der Waals surface area (Å²) in [7, 11) is 0. The zero-order valence-corrected chi connectivity index (χ0v) is 11.5.